The molecule has 1 rings (SSSR count). The quantitative estimate of drug-likeness (QED) is 0.549. The predicted octanol–water partition coefficient (Wildman–Crippen LogP) is 3.08. The van der Waals surface area contributed by atoms with E-state index < -0.39 is 0 Å². The van der Waals surface area contributed by atoms with Crippen LogP contribution < -0.4 is 4.74 Å². The zero-order valence-electron chi connectivity index (χ0n) is 7.75. The molecule has 1 aromatic heterocycles. The SMILES string of the molecule is CC(C)=CCOc1ccc(Cl)nc1. The summed E-state index contributed by atoms with van der Waals surface area (Å²) >= 11 is 5.62. The molecule has 0 aliphatic rings. The number of halogens is 1. The number of nitrogens with zero attached hydrogens (tertiary/aromatic N) is 1. The third-order valence-corrected chi connectivity index (χ3v) is 1.67. The van der Waals surface area contributed by atoms with E-state index in [1.54, 1.807) is 18.3 Å². The minimum Gasteiger partial charge on any atom is -0.488 e. The molecular weight excluding hydrogens is 186 g/mol. The minimum atomic E-state index is 0.481. The van der Waals surface area contributed by atoms with Crippen LogP contribution in [0.15, 0.2) is 30.0 Å². The lowest BCUT2D eigenvalue weighted by atomic mass is 10.3. The standard InChI is InChI=1S/C10H12ClNO/c1-8(2)5-6-13-9-3-4-10(11)12-7-9/h3-5,7H,6H2,1-2H3. The van der Waals surface area contributed by atoms with Crippen LogP contribution in [0.4, 0.5) is 0 Å². The second-order valence-electron chi connectivity index (χ2n) is 2.91. The molecule has 0 saturated heterocycles. The van der Waals surface area contributed by atoms with Crippen molar-refractivity contribution in [1.82, 2.24) is 4.98 Å². The van der Waals surface area contributed by atoms with E-state index in [0.29, 0.717) is 11.8 Å². The Bertz CT molecular complexity index is 288. The molecule has 0 aliphatic heterocycles. The van der Waals surface area contributed by atoms with Crippen LogP contribution in [0.1, 0.15) is 13.8 Å². The van der Waals surface area contributed by atoms with E-state index in [1.807, 2.05) is 19.9 Å². The molecule has 70 valence electrons. The zero-order valence-corrected chi connectivity index (χ0v) is 8.51. The summed E-state index contributed by atoms with van der Waals surface area (Å²) in [5.41, 5.74) is 1.24. The molecule has 0 spiro atoms. The Hall–Kier alpha value is -1.02. The molecule has 0 aliphatic carbocycles. The van der Waals surface area contributed by atoms with Gasteiger partial charge in [-0.3, -0.25) is 0 Å². The molecule has 2 nitrogen and oxygen atoms in total. The van der Waals surface area contributed by atoms with Crippen molar-refractivity contribution in [2.45, 2.75) is 13.8 Å². The van der Waals surface area contributed by atoms with Gasteiger partial charge in [0.1, 0.15) is 17.5 Å². The van der Waals surface area contributed by atoms with Crippen molar-refractivity contribution in [3.8, 4) is 5.75 Å². The first-order valence-corrected chi connectivity index (χ1v) is 4.44. The van der Waals surface area contributed by atoms with Crippen LogP contribution in [0.5, 0.6) is 5.75 Å². The highest BCUT2D eigenvalue weighted by atomic mass is 35.5. The summed E-state index contributed by atoms with van der Waals surface area (Å²) in [5, 5.41) is 0.481. The summed E-state index contributed by atoms with van der Waals surface area (Å²) in [5.74, 6) is 0.738. The summed E-state index contributed by atoms with van der Waals surface area (Å²) in [7, 11) is 0. The number of hydrogen-bond donors (Lipinski definition) is 0. The molecule has 13 heavy (non-hydrogen) atoms. The van der Waals surface area contributed by atoms with Crippen LogP contribution in [0.2, 0.25) is 5.15 Å². The van der Waals surface area contributed by atoms with Crippen molar-refractivity contribution < 1.29 is 4.74 Å². The molecule has 0 atom stereocenters. The van der Waals surface area contributed by atoms with Gasteiger partial charge in [0.2, 0.25) is 0 Å². The fourth-order valence-corrected chi connectivity index (χ4v) is 0.864. The Labute approximate surface area is 83.2 Å². The Morgan fingerprint density at radius 3 is 2.85 bits per heavy atom. The summed E-state index contributed by atoms with van der Waals surface area (Å²) in [6.45, 7) is 4.64. The van der Waals surface area contributed by atoms with E-state index in [2.05, 4.69) is 4.98 Å². The highest BCUT2D eigenvalue weighted by Crippen LogP contribution is 2.11. The maximum atomic E-state index is 5.62. The molecule has 0 saturated carbocycles. The molecule has 1 heterocycles. The molecule has 0 bridgehead atoms. The summed E-state index contributed by atoms with van der Waals surface area (Å²) in [4.78, 5) is 3.90. The number of rotatable bonds is 3. The first kappa shape index (κ1) is 10.1. The largest absolute Gasteiger partial charge is 0.488 e. The molecular formula is C10H12ClNO. The van der Waals surface area contributed by atoms with Crippen LogP contribution in [-0.4, -0.2) is 11.6 Å². The van der Waals surface area contributed by atoms with Gasteiger partial charge in [-0.25, -0.2) is 4.98 Å². The van der Waals surface area contributed by atoms with Gasteiger partial charge in [-0.2, -0.15) is 0 Å². The number of ether oxygens (including phenoxy) is 1. The van der Waals surface area contributed by atoms with Gasteiger partial charge in [-0.15, -0.1) is 0 Å². The summed E-state index contributed by atoms with van der Waals surface area (Å²) < 4.78 is 5.37. The average molecular weight is 198 g/mol. The topological polar surface area (TPSA) is 22.1 Å². The minimum absolute atomic E-state index is 0.481. The van der Waals surface area contributed by atoms with Gasteiger partial charge in [-0.05, 0) is 32.1 Å². The number of pyridine rings is 1. The molecule has 0 aromatic carbocycles. The van der Waals surface area contributed by atoms with Crippen molar-refractivity contribution in [3.63, 3.8) is 0 Å². The van der Waals surface area contributed by atoms with Crippen molar-refractivity contribution in [1.29, 1.82) is 0 Å². The molecule has 3 heteroatoms. The van der Waals surface area contributed by atoms with E-state index in [0.717, 1.165) is 5.75 Å². The smallest absolute Gasteiger partial charge is 0.138 e. The van der Waals surface area contributed by atoms with Gasteiger partial charge in [0.15, 0.2) is 0 Å². The first-order valence-electron chi connectivity index (χ1n) is 4.06. The monoisotopic (exact) mass is 197 g/mol. The van der Waals surface area contributed by atoms with Crippen LogP contribution in [0.3, 0.4) is 0 Å². The first-order chi connectivity index (χ1) is 6.18. The van der Waals surface area contributed by atoms with E-state index in [-0.39, 0.29) is 0 Å². The summed E-state index contributed by atoms with van der Waals surface area (Å²) in [6, 6.07) is 3.51. The van der Waals surface area contributed by atoms with E-state index in [9.17, 15) is 0 Å². The molecule has 0 N–H and O–H groups in total. The zero-order chi connectivity index (χ0) is 9.68. The van der Waals surface area contributed by atoms with Gasteiger partial charge in [0.05, 0.1) is 6.20 Å². The maximum Gasteiger partial charge on any atom is 0.138 e. The Kier molecular flexibility index (Phi) is 3.77. The number of allylic oxidation sites excluding steroid dienone is 1. The molecule has 0 radical (unpaired) electrons. The second-order valence-corrected chi connectivity index (χ2v) is 3.30. The van der Waals surface area contributed by atoms with Gasteiger partial charge in [0.25, 0.3) is 0 Å². The van der Waals surface area contributed by atoms with Crippen LogP contribution >= 0.6 is 11.6 Å². The predicted molar refractivity (Wildman–Crippen MR) is 54.2 cm³/mol. The van der Waals surface area contributed by atoms with Crippen LogP contribution in [0.25, 0.3) is 0 Å². The second kappa shape index (κ2) is 4.87. The van der Waals surface area contributed by atoms with Crippen LogP contribution in [-0.2, 0) is 0 Å². The van der Waals surface area contributed by atoms with E-state index >= 15 is 0 Å². The Morgan fingerprint density at radius 1 is 1.54 bits per heavy atom. The van der Waals surface area contributed by atoms with Crippen molar-refractivity contribution in [2.24, 2.45) is 0 Å². The normalized spacial score (nSPS) is 9.46. The fourth-order valence-electron chi connectivity index (χ4n) is 0.752. The lowest BCUT2D eigenvalue weighted by Gasteiger charge is -2.01. The third-order valence-electron chi connectivity index (χ3n) is 1.44. The van der Waals surface area contributed by atoms with Gasteiger partial charge < -0.3 is 4.74 Å². The van der Waals surface area contributed by atoms with Gasteiger partial charge in [0, 0.05) is 0 Å². The number of hydrogen-bond acceptors (Lipinski definition) is 2. The lowest BCUT2D eigenvalue weighted by Crippen LogP contribution is -1.94. The maximum absolute atomic E-state index is 5.62. The molecule has 0 unspecified atom stereocenters. The highest BCUT2D eigenvalue weighted by Gasteiger charge is 1.92. The Balaban J connectivity index is 2.46. The number of aromatic nitrogens is 1. The van der Waals surface area contributed by atoms with Crippen LogP contribution in [0, 0.1) is 0 Å². The summed E-state index contributed by atoms with van der Waals surface area (Å²) in [6.07, 6.45) is 3.62. The van der Waals surface area contributed by atoms with Crippen molar-refractivity contribution >= 4 is 11.6 Å². The lowest BCUT2D eigenvalue weighted by molar-refractivity contribution is 0.360. The van der Waals surface area contributed by atoms with E-state index in [4.69, 9.17) is 16.3 Å². The van der Waals surface area contributed by atoms with E-state index in [1.165, 1.54) is 5.57 Å². The highest BCUT2D eigenvalue weighted by molar-refractivity contribution is 6.29. The third kappa shape index (κ3) is 3.95. The molecule has 0 fully saturated rings. The van der Waals surface area contributed by atoms with Crippen molar-refractivity contribution in [2.75, 3.05) is 6.61 Å². The van der Waals surface area contributed by atoms with Gasteiger partial charge in [-0.1, -0.05) is 17.2 Å². The van der Waals surface area contributed by atoms with Crippen molar-refractivity contribution in [3.05, 3.63) is 35.1 Å². The molecule has 0 amide bonds. The Morgan fingerprint density at radius 2 is 2.31 bits per heavy atom. The fraction of sp³-hybridized carbons (Fsp3) is 0.300. The van der Waals surface area contributed by atoms with Gasteiger partial charge >= 0.3 is 0 Å². The molecule has 1 aromatic rings. The average Bonchev–Trinajstić information content (AvgIpc) is 2.08.